The van der Waals surface area contributed by atoms with Crippen molar-refractivity contribution in [2.75, 3.05) is 0 Å². The first-order valence-electron chi connectivity index (χ1n) is 6.42. The summed E-state index contributed by atoms with van der Waals surface area (Å²) in [5.74, 6) is 0. The summed E-state index contributed by atoms with van der Waals surface area (Å²) in [5, 5.41) is 0.656. The Hall–Kier alpha value is -1.87. The quantitative estimate of drug-likeness (QED) is 0.664. The monoisotopic (exact) mass is 278 g/mol. The van der Waals surface area contributed by atoms with Crippen molar-refractivity contribution < 1.29 is 0 Å². The van der Waals surface area contributed by atoms with Crippen LogP contribution in [-0.2, 0) is 6.32 Å². The van der Waals surface area contributed by atoms with Crippen LogP contribution in [-0.4, -0.2) is 17.8 Å². The van der Waals surface area contributed by atoms with E-state index in [4.69, 9.17) is 24.4 Å². The van der Waals surface area contributed by atoms with Crippen molar-refractivity contribution in [3.05, 3.63) is 58.7 Å². The fourth-order valence-corrected chi connectivity index (χ4v) is 2.49. The molecule has 0 atom stereocenters. The molecule has 0 saturated carbocycles. The second kappa shape index (κ2) is 5.26. The van der Waals surface area contributed by atoms with Crippen LogP contribution in [0.25, 0.3) is 22.3 Å². The number of benzene rings is 2. The molecule has 2 radical (unpaired) electrons. The second-order valence-corrected chi connectivity index (χ2v) is 5.05. The van der Waals surface area contributed by atoms with Crippen LogP contribution >= 0.6 is 11.6 Å². The van der Waals surface area contributed by atoms with Crippen molar-refractivity contribution in [1.82, 2.24) is 9.97 Å². The molecule has 3 aromatic rings. The molecule has 0 saturated heterocycles. The number of hydrogen-bond acceptors (Lipinski definition) is 2. The number of fused-ring (bicyclic) bond motifs is 1. The van der Waals surface area contributed by atoms with Crippen molar-refractivity contribution in [2.45, 2.75) is 13.2 Å². The first-order chi connectivity index (χ1) is 9.70. The summed E-state index contributed by atoms with van der Waals surface area (Å²) in [4.78, 5) is 9.38. The largest absolute Gasteiger partial charge is 0.249 e. The zero-order valence-electron chi connectivity index (χ0n) is 11.1. The van der Waals surface area contributed by atoms with Crippen LogP contribution in [0, 0.1) is 6.92 Å². The van der Waals surface area contributed by atoms with Crippen LogP contribution in [0.5, 0.6) is 0 Å². The number of rotatable bonds is 2. The Kier molecular flexibility index (Phi) is 3.45. The molecule has 4 heteroatoms. The Balaban J connectivity index is 2.33. The van der Waals surface area contributed by atoms with Gasteiger partial charge in [-0.2, -0.15) is 0 Å². The predicted octanol–water partition coefficient (Wildman–Crippen LogP) is 3.93. The third-order valence-corrected chi connectivity index (χ3v) is 3.62. The number of halogens is 1. The van der Waals surface area contributed by atoms with Crippen LogP contribution < -0.4 is 0 Å². The zero-order valence-corrected chi connectivity index (χ0v) is 11.9. The molecule has 0 amide bonds. The highest BCUT2D eigenvalue weighted by Crippen LogP contribution is 2.30. The van der Waals surface area contributed by atoms with Crippen LogP contribution in [0.1, 0.15) is 11.3 Å². The minimum atomic E-state index is 0.331. The van der Waals surface area contributed by atoms with E-state index in [1.165, 1.54) is 0 Å². The van der Waals surface area contributed by atoms with E-state index in [-0.39, 0.29) is 0 Å². The summed E-state index contributed by atoms with van der Waals surface area (Å²) in [7, 11) is 5.83. The van der Waals surface area contributed by atoms with E-state index >= 15 is 0 Å². The predicted molar refractivity (Wildman–Crippen MR) is 84.2 cm³/mol. The van der Waals surface area contributed by atoms with Crippen LogP contribution in [0.4, 0.5) is 0 Å². The molecule has 0 fully saturated rings. The zero-order chi connectivity index (χ0) is 14.1. The van der Waals surface area contributed by atoms with Gasteiger partial charge in [0.1, 0.15) is 0 Å². The van der Waals surface area contributed by atoms with E-state index in [9.17, 15) is 0 Å². The number of aromatic nitrogens is 2. The minimum absolute atomic E-state index is 0.331. The van der Waals surface area contributed by atoms with Crippen molar-refractivity contribution in [3.8, 4) is 11.3 Å². The van der Waals surface area contributed by atoms with E-state index in [1.807, 2.05) is 49.4 Å². The van der Waals surface area contributed by atoms with Gasteiger partial charge >= 0.3 is 0 Å². The van der Waals surface area contributed by atoms with E-state index in [0.717, 1.165) is 33.5 Å². The minimum Gasteiger partial charge on any atom is -0.249 e. The maximum atomic E-state index is 6.26. The molecule has 0 aliphatic carbocycles. The summed E-state index contributed by atoms with van der Waals surface area (Å²) in [6.45, 7) is 2.02. The fraction of sp³-hybridized carbons (Fsp3) is 0.125. The highest BCUT2D eigenvalue weighted by molar-refractivity contribution is 6.33. The van der Waals surface area contributed by atoms with E-state index in [1.54, 1.807) is 0 Å². The maximum Gasteiger partial charge on any atom is 0.0932 e. The number of para-hydroxylation sites is 1. The lowest BCUT2D eigenvalue weighted by Gasteiger charge is -2.11. The fourth-order valence-electron chi connectivity index (χ4n) is 2.26. The molecule has 2 nitrogen and oxygen atoms in total. The van der Waals surface area contributed by atoms with Crippen molar-refractivity contribution >= 4 is 30.5 Å². The molecule has 0 spiro atoms. The molecule has 0 unspecified atom stereocenters. The second-order valence-electron chi connectivity index (χ2n) is 4.65. The average Bonchev–Trinajstić information content (AvgIpc) is 2.47. The van der Waals surface area contributed by atoms with Gasteiger partial charge in [0.2, 0.25) is 0 Å². The number of aryl methyl sites for hydroxylation is 1. The van der Waals surface area contributed by atoms with Gasteiger partial charge in [0.25, 0.3) is 0 Å². The highest BCUT2D eigenvalue weighted by Gasteiger charge is 2.12. The molecule has 0 N–H and O–H groups in total. The van der Waals surface area contributed by atoms with Gasteiger partial charge in [0.15, 0.2) is 0 Å². The Labute approximate surface area is 124 Å². The molecular formula is C16H12BClN2. The molecule has 20 heavy (non-hydrogen) atoms. The molecule has 3 rings (SSSR count). The van der Waals surface area contributed by atoms with Crippen molar-refractivity contribution in [3.63, 3.8) is 0 Å². The lowest BCUT2D eigenvalue weighted by atomic mass is 9.97. The molecule has 2 aromatic carbocycles. The topological polar surface area (TPSA) is 25.8 Å². The summed E-state index contributed by atoms with van der Waals surface area (Å²) in [6.07, 6.45) is 0.331. The first-order valence-corrected chi connectivity index (χ1v) is 6.79. The Morgan fingerprint density at radius 3 is 2.60 bits per heavy atom. The maximum absolute atomic E-state index is 6.26. The van der Waals surface area contributed by atoms with Gasteiger partial charge in [-0.05, 0) is 30.9 Å². The van der Waals surface area contributed by atoms with Gasteiger partial charge in [-0.25, -0.2) is 9.97 Å². The molecule has 1 heterocycles. The van der Waals surface area contributed by atoms with Gasteiger partial charge < -0.3 is 0 Å². The van der Waals surface area contributed by atoms with Gasteiger partial charge in [0.05, 0.1) is 35.3 Å². The molecule has 0 aliphatic rings. The molecule has 96 valence electrons. The smallest absolute Gasteiger partial charge is 0.0932 e. The van der Waals surface area contributed by atoms with Gasteiger partial charge in [0, 0.05) is 5.56 Å². The molecular weight excluding hydrogens is 266 g/mol. The summed E-state index contributed by atoms with van der Waals surface area (Å²) < 4.78 is 0. The van der Waals surface area contributed by atoms with Crippen molar-refractivity contribution in [1.29, 1.82) is 0 Å². The van der Waals surface area contributed by atoms with Crippen LogP contribution in [0.3, 0.4) is 0 Å². The van der Waals surface area contributed by atoms with E-state index < -0.39 is 0 Å². The first kappa shape index (κ1) is 13.1. The molecule has 0 aliphatic heterocycles. The Bertz CT molecular complexity index is 787. The standard InChI is InChI=1S/C16H12BClN2/c1-10-5-4-8-13-15(10)20-14(9-17)16(19-13)11-6-2-3-7-12(11)18/h2-8H,9H2,1H3. The highest BCUT2D eigenvalue weighted by atomic mass is 35.5. The lowest BCUT2D eigenvalue weighted by Crippen LogP contribution is -2.00. The summed E-state index contributed by atoms with van der Waals surface area (Å²) in [6, 6.07) is 13.6. The summed E-state index contributed by atoms with van der Waals surface area (Å²) in [5.41, 5.74) is 5.23. The molecule has 0 bridgehead atoms. The van der Waals surface area contributed by atoms with Crippen molar-refractivity contribution in [2.24, 2.45) is 0 Å². The normalized spacial score (nSPS) is 10.9. The van der Waals surface area contributed by atoms with Crippen LogP contribution in [0.2, 0.25) is 5.02 Å². The van der Waals surface area contributed by atoms with Gasteiger partial charge in [-0.15, -0.1) is 0 Å². The summed E-state index contributed by atoms with van der Waals surface area (Å²) >= 11 is 6.26. The van der Waals surface area contributed by atoms with E-state index in [0.29, 0.717) is 11.3 Å². The third kappa shape index (κ3) is 2.18. The Morgan fingerprint density at radius 2 is 1.85 bits per heavy atom. The lowest BCUT2D eigenvalue weighted by molar-refractivity contribution is 1.15. The van der Waals surface area contributed by atoms with Crippen LogP contribution in [0.15, 0.2) is 42.5 Å². The average molecular weight is 279 g/mol. The van der Waals surface area contributed by atoms with Gasteiger partial charge in [-0.1, -0.05) is 41.9 Å². The number of hydrogen-bond donors (Lipinski definition) is 0. The SMILES string of the molecule is [B]Cc1nc2c(C)cccc2nc1-c1ccccc1Cl. The Morgan fingerprint density at radius 1 is 1.05 bits per heavy atom. The number of nitrogens with zero attached hydrogens (tertiary/aromatic N) is 2. The van der Waals surface area contributed by atoms with E-state index in [2.05, 4.69) is 4.98 Å². The molecule has 1 aromatic heterocycles. The third-order valence-electron chi connectivity index (χ3n) is 3.29. The van der Waals surface area contributed by atoms with Gasteiger partial charge in [-0.3, -0.25) is 0 Å².